The number of aromatic nitrogens is 3. The van der Waals surface area contributed by atoms with Crippen LogP contribution in [0, 0.1) is 0 Å². The molecule has 63 heavy (non-hydrogen) atoms. The van der Waals surface area contributed by atoms with Gasteiger partial charge in [-0.1, -0.05) is 98.1 Å². The van der Waals surface area contributed by atoms with Gasteiger partial charge in [0.1, 0.15) is 19.5 Å². The van der Waals surface area contributed by atoms with Gasteiger partial charge >= 0.3 is 6.01 Å². The van der Waals surface area contributed by atoms with Gasteiger partial charge in [0.25, 0.3) is 0 Å². The highest BCUT2D eigenvalue weighted by molar-refractivity contribution is 6.42. The standard InChI is InChI=1S/C50H52Cl3N7O3/c1-49(2)37-16-11-13-18-41(37)58(5)43(49)20-8-6-9-21-44-50(3,4)38-17-12-14-19-42(38)59(44)30-15-7-10-22-45(61)54-29-31-63-48-56-47(34-23-28-39(52)40(53)32-34)60(57-48)36-26-24-35(25-27-36)55-46(62)33-51/h6,8-9,11-14,16-21,23-28,32H,7,10,15,22,29-31,33H2,1-5H3,(H-,54,55,61,62)/p+1. The monoisotopic (exact) mass is 904 g/mol. The highest BCUT2D eigenvalue weighted by Gasteiger charge is 2.42. The minimum Gasteiger partial charge on any atom is -0.460 e. The van der Waals surface area contributed by atoms with Gasteiger partial charge in [0.05, 0.1) is 27.7 Å². The molecule has 0 atom stereocenters. The molecule has 7 rings (SSSR count). The third-order valence-corrected chi connectivity index (χ3v) is 12.7. The molecular weight excluding hydrogens is 853 g/mol. The van der Waals surface area contributed by atoms with Crippen molar-refractivity contribution < 1.29 is 18.9 Å². The van der Waals surface area contributed by atoms with E-state index in [1.54, 1.807) is 47.1 Å². The lowest BCUT2D eigenvalue weighted by Gasteiger charge is -2.27. The number of rotatable bonds is 17. The molecule has 0 aliphatic carbocycles. The fraction of sp³-hybridized carbons (Fsp3) is 0.300. The number of ether oxygens (including phenoxy) is 1. The van der Waals surface area contributed by atoms with Gasteiger partial charge in [0, 0.05) is 58.7 Å². The Morgan fingerprint density at radius 2 is 1.57 bits per heavy atom. The quantitative estimate of drug-likeness (QED) is 0.0417. The molecule has 326 valence electrons. The lowest BCUT2D eigenvalue weighted by molar-refractivity contribution is -0.401. The number of nitrogens with zero attached hydrogens (tertiary/aromatic N) is 5. The van der Waals surface area contributed by atoms with Crippen molar-refractivity contribution in [3.05, 3.63) is 148 Å². The average Bonchev–Trinajstić information content (AvgIpc) is 3.86. The van der Waals surface area contributed by atoms with Gasteiger partial charge in [-0.15, -0.1) is 16.7 Å². The lowest BCUT2D eigenvalue weighted by Crippen LogP contribution is -2.28. The minimum atomic E-state index is -0.309. The van der Waals surface area contributed by atoms with Gasteiger partial charge in [0.2, 0.25) is 17.5 Å². The molecule has 0 radical (unpaired) electrons. The maximum absolute atomic E-state index is 12.8. The molecule has 2 N–H and O–H groups in total. The van der Waals surface area contributed by atoms with E-state index < -0.39 is 0 Å². The molecule has 10 nitrogen and oxygen atoms in total. The highest BCUT2D eigenvalue weighted by atomic mass is 35.5. The van der Waals surface area contributed by atoms with Crippen LogP contribution in [0.15, 0.2) is 127 Å². The summed E-state index contributed by atoms with van der Waals surface area (Å²) in [5, 5.41) is 11.1. The van der Waals surface area contributed by atoms with Crippen molar-refractivity contribution >= 4 is 69.4 Å². The molecule has 1 aromatic heterocycles. The molecule has 0 spiro atoms. The molecule has 4 aromatic carbocycles. The van der Waals surface area contributed by atoms with E-state index in [1.165, 1.54) is 33.9 Å². The van der Waals surface area contributed by atoms with Crippen LogP contribution in [0.5, 0.6) is 6.01 Å². The lowest BCUT2D eigenvalue weighted by atomic mass is 9.81. The summed E-state index contributed by atoms with van der Waals surface area (Å²) >= 11 is 18.2. The molecule has 5 aromatic rings. The molecule has 0 saturated heterocycles. The van der Waals surface area contributed by atoms with Crippen LogP contribution >= 0.6 is 34.8 Å². The smallest absolute Gasteiger partial charge is 0.336 e. The molecular formula is C50H53Cl3N7O3+. The second-order valence-electron chi connectivity index (χ2n) is 16.7. The number of amides is 2. The second-order valence-corrected chi connectivity index (χ2v) is 17.8. The van der Waals surface area contributed by atoms with Gasteiger partial charge in [-0.3, -0.25) is 9.59 Å². The molecule has 13 heteroatoms. The zero-order chi connectivity index (χ0) is 44.7. The van der Waals surface area contributed by atoms with Crippen LogP contribution in [0.1, 0.15) is 64.5 Å². The second kappa shape index (κ2) is 19.8. The number of carbonyl (C=O) groups is 2. The number of benzene rings is 4. The van der Waals surface area contributed by atoms with Gasteiger partial charge in [0.15, 0.2) is 11.5 Å². The number of fused-ring (bicyclic) bond motifs is 2. The Morgan fingerprint density at radius 1 is 0.825 bits per heavy atom. The Hall–Kier alpha value is -5.68. The minimum absolute atomic E-state index is 0.0319. The predicted molar refractivity (Wildman–Crippen MR) is 257 cm³/mol. The van der Waals surface area contributed by atoms with Crippen LogP contribution in [0.3, 0.4) is 0 Å². The number of nitrogens with one attached hydrogen (secondary N) is 2. The first-order valence-electron chi connectivity index (χ1n) is 21.2. The van der Waals surface area contributed by atoms with Crippen LogP contribution in [0.2, 0.25) is 10.0 Å². The van der Waals surface area contributed by atoms with E-state index in [-0.39, 0.29) is 41.1 Å². The van der Waals surface area contributed by atoms with Crippen LogP contribution in [-0.4, -0.2) is 69.5 Å². The first kappa shape index (κ1) is 45.3. The van der Waals surface area contributed by atoms with Crippen molar-refractivity contribution in [2.45, 2.75) is 64.2 Å². The van der Waals surface area contributed by atoms with Gasteiger partial charge < -0.3 is 20.3 Å². The predicted octanol–water partition coefficient (Wildman–Crippen LogP) is 11.0. The van der Waals surface area contributed by atoms with Crippen molar-refractivity contribution in [1.29, 1.82) is 0 Å². The number of carbonyl (C=O) groups excluding carboxylic acids is 2. The summed E-state index contributed by atoms with van der Waals surface area (Å²) in [5.74, 6) is -0.0152. The zero-order valence-corrected chi connectivity index (χ0v) is 38.6. The Balaban J connectivity index is 0.905. The number of hydrogen-bond acceptors (Lipinski definition) is 6. The van der Waals surface area contributed by atoms with E-state index in [0.29, 0.717) is 45.8 Å². The van der Waals surface area contributed by atoms with Crippen molar-refractivity contribution in [1.82, 2.24) is 20.1 Å². The van der Waals surface area contributed by atoms with Crippen LogP contribution < -0.4 is 20.3 Å². The summed E-state index contributed by atoms with van der Waals surface area (Å²) in [4.78, 5) is 31.7. The van der Waals surface area contributed by atoms with Crippen LogP contribution in [0.4, 0.5) is 17.1 Å². The largest absolute Gasteiger partial charge is 0.460 e. The van der Waals surface area contributed by atoms with Crippen LogP contribution in [-0.2, 0) is 20.4 Å². The summed E-state index contributed by atoms with van der Waals surface area (Å²) in [7, 11) is 2.14. The third kappa shape index (κ3) is 10.1. The van der Waals surface area contributed by atoms with E-state index >= 15 is 0 Å². The van der Waals surface area contributed by atoms with E-state index in [4.69, 9.17) is 39.5 Å². The maximum atomic E-state index is 12.8. The maximum Gasteiger partial charge on any atom is 0.336 e. The Kier molecular flexibility index (Phi) is 14.2. The van der Waals surface area contributed by atoms with Gasteiger partial charge in [-0.05, 0) is 86.9 Å². The topological polar surface area (TPSA) is 104 Å². The number of allylic oxidation sites excluding steroid dienone is 6. The van der Waals surface area contributed by atoms with Crippen LogP contribution in [0.25, 0.3) is 17.1 Å². The van der Waals surface area contributed by atoms with Crippen molar-refractivity contribution in [3.63, 3.8) is 0 Å². The number of anilines is 2. The van der Waals surface area contributed by atoms with Crippen molar-refractivity contribution in [2.75, 3.05) is 42.8 Å². The summed E-state index contributed by atoms with van der Waals surface area (Å²) in [5.41, 5.74) is 9.42. The number of alkyl halides is 1. The molecule has 0 fully saturated rings. The third-order valence-electron chi connectivity index (χ3n) is 11.7. The van der Waals surface area contributed by atoms with E-state index in [0.717, 1.165) is 25.8 Å². The Labute approximate surface area is 384 Å². The molecule has 3 heterocycles. The van der Waals surface area contributed by atoms with Crippen molar-refractivity contribution in [3.8, 4) is 23.1 Å². The first-order chi connectivity index (χ1) is 30.3. The van der Waals surface area contributed by atoms with Gasteiger partial charge in [-0.25, -0.2) is 4.68 Å². The molecule has 2 aliphatic heterocycles. The summed E-state index contributed by atoms with van der Waals surface area (Å²) < 4.78 is 9.81. The fourth-order valence-electron chi connectivity index (χ4n) is 8.43. The van der Waals surface area contributed by atoms with E-state index in [2.05, 4.69) is 144 Å². The van der Waals surface area contributed by atoms with Gasteiger partial charge in [-0.2, -0.15) is 9.56 Å². The molecule has 2 amide bonds. The highest BCUT2D eigenvalue weighted by Crippen LogP contribution is 2.47. The Bertz CT molecular complexity index is 2610. The fourth-order valence-corrected chi connectivity index (χ4v) is 8.80. The van der Waals surface area contributed by atoms with Crippen molar-refractivity contribution in [2.24, 2.45) is 0 Å². The number of hydrogen-bond donors (Lipinski definition) is 2. The van der Waals surface area contributed by atoms with E-state index in [9.17, 15) is 9.59 Å². The number of unbranched alkanes of at least 4 members (excludes halogenated alkanes) is 2. The molecule has 2 aliphatic rings. The zero-order valence-electron chi connectivity index (χ0n) is 36.3. The summed E-state index contributed by atoms with van der Waals surface area (Å²) in [6.07, 6.45) is 14.0. The SMILES string of the molecule is C[N+]1=C(/C=C/C=C/C=C2/N(CCCCCC(=O)NCCOc3nc(-c4ccc(Cl)c(Cl)c4)n(-c4ccc(NC(=O)CCl)cc4)n3)c3ccccc3C2(C)C)C(C)(C)c2ccccc21. The number of para-hydroxylation sites is 2. The summed E-state index contributed by atoms with van der Waals surface area (Å²) in [6, 6.07) is 29.7. The first-order valence-corrected chi connectivity index (χ1v) is 22.5. The molecule has 0 bridgehead atoms. The summed E-state index contributed by atoms with van der Waals surface area (Å²) in [6.45, 7) is 10.5. The van der Waals surface area contributed by atoms with E-state index in [1.807, 2.05) is 0 Å². The molecule has 0 saturated carbocycles. The molecule has 0 unspecified atom stereocenters. The Morgan fingerprint density at radius 3 is 2.32 bits per heavy atom. The average molecular weight is 906 g/mol. The normalized spacial score (nSPS) is 15.7. The number of halogens is 3.